The van der Waals surface area contributed by atoms with Crippen LogP contribution in [0.1, 0.15) is 41.5 Å². The van der Waals surface area contributed by atoms with Gasteiger partial charge in [0, 0.05) is 0 Å². The Morgan fingerprint density at radius 2 is 1.21 bits per heavy atom. The van der Waals surface area contributed by atoms with E-state index in [-0.39, 0.29) is 0 Å². The van der Waals surface area contributed by atoms with Gasteiger partial charge in [-0.2, -0.15) is 0 Å². The van der Waals surface area contributed by atoms with Crippen molar-refractivity contribution in [3.63, 3.8) is 0 Å². The number of para-hydroxylation sites is 1. The van der Waals surface area contributed by atoms with Crippen molar-refractivity contribution >= 4 is 31.5 Å². The van der Waals surface area contributed by atoms with E-state index in [4.69, 9.17) is 27.6 Å². The van der Waals surface area contributed by atoms with Crippen LogP contribution in [-0.4, -0.2) is 8.32 Å². The van der Waals surface area contributed by atoms with E-state index in [1.165, 1.54) is 0 Å². The molecule has 1 rings (SSSR count). The zero-order valence-corrected chi connectivity index (χ0v) is 15.1. The summed E-state index contributed by atoms with van der Waals surface area (Å²) in [6, 6.07) is 5.52. The molecular weight excluding hydrogens is 295 g/mol. The maximum Gasteiger partial charge on any atom is 0.258 e. The molecule has 0 unspecified atom stereocenters. The molecule has 0 N–H and O–H groups in total. The topological polar surface area (TPSA) is 9.23 Å². The first-order valence-corrected chi connectivity index (χ1v) is 9.76. The molecule has 1 aromatic rings. The third kappa shape index (κ3) is 3.29. The zero-order valence-electron chi connectivity index (χ0n) is 12.6. The van der Waals surface area contributed by atoms with Gasteiger partial charge in [-0.1, -0.05) is 70.8 Å². The van der Waals surface area contributed by atoms with Crippen molar-refractivity contribution in [2.45, 2.75) is 58.2 Å². The van der Waals surface area contributed by atoms with Crippen LogP contribution < -0.4 is 4.43 Å². The summed E-state index contributed by atoms with van der Waals surface area (Å²) in [4.78, 5) is 0. The van der Waals surface area contributed by atoms with E-state index in [2.05, 4.69) is 41.5 Å². The summed E-state index contributed by atoms with van der Waals surface area (Å²) in [7, 11) is -2.00. The standard InChI is InChI=1S/C15H24Cl2OSi/c1-10(2)19(11(3)4,12(5)6)18-15-13(16)8-7-9-14(15)17/h7-12H,1-6H3. The molecule has 4 heteroatoms. The fraction of sp³-hybridized carbons (Fsp3) is 0.600. The van der Waals surface area contributed by atoms with Crippen LogP contribution in [-0.2, 0) is 0 Å². The molecule has 0 aliphatic carbocycles. The van der Waals surface area contributed by atoms with Crippen molar-refractivity contribution in [2.75, 3.05) is 0 Å². The molecule has 0 radical (unpaired) electrons. The summed E-state index contributed by atoms with van der Waals surface area (Å²) < 4.78 is 6.52. The Hall–Kier alpha value is -0.183. The largest absolute Gasteiger partial charge is 0.541 e. The van der Waals surface area contributed by atoms with Crippen LogP contribution in [0.25, 0.3) is 0 Å². The van der Waals surface area contributed by atoms with Gasteiger partial charge in [0.2, 0.25) is 0 Å². The van der Waals surface area contributed by atoms with Crippen LogP contribution in [0.15, 0.2) is 18.2 Å². The van der Waals surface area contributed by atoms with Crippen LogP contribution in [0, 0.1) is 0 Å². The second-order valence-corrected chi connectivity index (χ2v) is 12.2. The summed E-state index contributed by atoms with van der Waals surface area (Å²) in [6.07, 6.45) is 0. The first kappa shape index (κ1) is 16.9. The molecular formula is C15H24Cl2OSi. The minimum absolute atomic E-state index is 0.500. The maximum atomic E-state index is 6.52. The summed E-state index contributed by atoms with van der Waals surface area (Å²) >= 11 is 12.5. The molecule has 0 aliphatic rings. The predicted octanol–water partition coefficient (Wildman–Crippen LogP) is 6.55. The number of hydrogen-bond acceptors (Lipinski definition) is 1. The molecule has 1 aromatic carbocycles. The van der Waals surface area contributed by atoms with E-state index in [9.17, 15) is 0 Å². The van der Waals surface area contributed by atoms with Gasteiger partial charge in [0.1, 0.15) is 5.75 Å². The van der Waals surface area contributed by atoms with Crippen LogP contribution in [0.2, 0.25) is 26.7 Å². The molecule has 19 heavy (non-hydrogen) atoms. The molecule has 108 valence electrons. The monoisotopic (exact) mass is 318 g/mol. The molecule has 0 atom stereocenters. The summed E-state index contributed by atoms with van der Waals surface area (Å²) in [5, 5.41) is 1.21. The normalized spacial score (nSPS) is 12.6. The van der Waals surface area contributed by atoms with E-state index in [1.54, 1.807) is 0 Å². The Labute approximate surface area is 128 Å². The number of benzene rings is 1. The Kier molecular flexibility index (Phi) is 5.78. The highest BCUT2D eigenvalue weighted by Crippen LogP contribution is 2.45. The van der Waals surface area contributed by atoms with Crippen molar-refractivity contribution in [1.29, 1.82) is 0 Å². The van der Waals surface area contributed by atoms with E-state index < -0.39 is 8.32 Å². The van der Waals surface area contributed by atoms with Crippen LogP contribution in [0.4, 0.5) is 0 Å². The van der Waals surface area contributed by atoms with Crippen LogP contribution in [0.5, 0.6) is 5.75 Å². The zero-order chi connectivity index (χ0) is 14.8. The van der Waals surface area contributed by atoms with Crippen molar-refractivity contribution < 1.29 is 4.43 Å². The highest BCUT2D eigenvalue weighted by atomic mass is 35.5. The van der Waals surface area contributed by atoms with Gasteiger partial charge >= 0.3 is 0 Å². The lowest BCUT2D eigenvalue weighted by Crippen LogP contribution is -2.50. The molecule has 1 nitrogen and oxygen atoms in total. The van der Waals surface area contributed by atoms with E-state index in [0.717, 1.165) is 0 Å². The molecule has 0 aliphatic heterocycles. The average molecular weight is 319 g/mol. The summed E-state index contributed by atoms with van der Waals surface area (Å²) in [6.45, 7) is 13.5. The van der Waals surface area contributed by atoms with E-state index >= 15 is 0 Å². The van der Waals surface area contributed by atoms with Crippen molar-refractivity contribution in [2.24, 2.45) is 0 Å². The highest BCUT2D eigenvalue weighted by molar-refractivity contribution is 6.78. The van der Waals surface area contributed by atoms with Crippen molar-refractivity contribution in [1.82, 2.24) is 0 Å². The molecule has 0 bridgehead atoms. The minimum Gasteiger partial charge on any atom is -0.541 e. The van der Waals surface area contributed by atoms with Gasteiger partial charge in [0.05, 0.1) is 10.0 Å². The number of hydrogen-bond donors (Lipinski definition) is 0. The summed E-state index contributed by atoms with van der Waals surface area (Å²) in [5.74, 6) is 0.661. The highest BCUT2D eigenvalue weighted by Gasteiger charge is 2.47. The molecule has 0 aromatic heterocycles. The SMILES string of the molecule is CC(C)[Si](Oc1c(Cl)cccc1Cl)(C(C)C)C(C)C. The van der Waals surface area contributed by atoms with Crippen molar-refractivity contribution in [3.05, 3.63) is 28.2 Å². The first-order chi connectivity index (χ1) is 8.73. The maximum absolute atomic E-state index is 6.52. The molecule has 0 fully saturated rings. The average Bonchev–Trinajstić information content (AvgIpc) is 2.27. The predicted molar refractivity (Wildman–Crippen MR) is 88.1 cm³/mol. The van der Waals surface area contributed by atoms with Gasteiger partial charge in [0.25, 0.3) is 8.32 Å². The lowest BCUT2D eigenvalue weighted by atomic mass is 10.3. The minimum atomic E-state index is -2.00. The second-order valence-electron chi connectivity index (χ2n) is 5.97. The second kappa shape index (κ2) is 6.51. The van der Waals surface area contributed by atoms with Gasteiger partial charge in [-0.25, -0.2) is 0 Å². The Balaban J connectivity index is 3.29. The molecule has 0 saturated carbocycles. The van der Waals surface area contributed by atoms with Gasteiger partial charge in [0.15, 0.2) is 0 Å². The van der Waals surface area contributed by atoms with Gasteiger partial charge in [-0.05, 0) is 28.8 Å². The third-order valence-corrected chi connectivity index (χ3v) is 10.5. The quantitative estimate of drug-likeness (QED) is 0.559. The van der Waals surface area contributed by atoms with E-state index in [0.29, 0.717) is 32.4 Å². The lowest BCUT2D eigenvalue weighted by Gasteiger charge is -2.42. The van der Waals surface area contributed by atoms with E-state index in [1.807, 2.05) is 18.2 Å². The van der Waals surface area contributed by atoms with Crippen LogP contribution in [0.3, 0.4) is 0 Å². The van der Waals surface area contributed by atoms with Gasteiger partial charge in [-0.15, -0.1) is 0 Å². The molecule has 0 saturated heterocycles. The first-order valence-electron chi connectivity index (χ1n) is 6.86. The van der Waals surface area contributed by atoms with Crippen molar-refractivity contribution in [3.8, 4) is 5.75 Å². The summed E-state index contributed by atoms with van der Waals surface area (Å²) in [5.41, 5.74) is 1.50. The fourth-order valence-electron chi connectivity index (χ4n) is 3.11. The van der Waals surface area contributed by atoms with Crippen LogP contribution >= 0.6 is 23.2 Å². The third-order valence-electron chi connectivity index (χ3n) is 3.90. The number of halogens is 2. The molecule has 0 heterocycles. The van der Waals surface area contributed by atoms with Gasteiger partial charge in [-0.3, -0.25) is 0 Å². The molecule has 0 spiro atoms. The fourth-order valence-corrected chi connectivity index (χ4v) is 8.99. The van der Waals surface area contributed by atoms with Gasteiger partial charge < -0.3 is 4.43 Å². The Morgan fingerprint density at radius 1 is 0.842 bits per heavy atom. The number of rotatable bonds is 5. The smallest absolute Gasteiger partial charge is 0.258 e. The molecule has 0 amide bonds. The Morgan fingerprint density at radius 3 is 1.53 bits per heavy atom. The Bertz CT molecular complexity index is 388. The lowest BCUT2D eigenvalue weighted by molar-refractivity contribution is 0.480.